The summed E-state index contributed by atoms with van der Waals surface area (Å²) in [6, 6.07) is 7.59. The van der Waals surface area contributed by atoms with Crippen molar-refractivity contribution in [1.82, 2.24) is 15.0 Å². The molecule has 2 N–H and O–H groups in total. The number of hydrogen-bond acceptors (Lipinski definition) is 6. The van der Waals surface area contributed by atoms with Crippen LogP contribution in [0.25, 0.3) is 0 Å². The Balaban J connectivity index is 2.29. The number of rotatable bonds is 5. The molecule has 0 saturated heterocycles. The molecule has 0 unspecified atom stereocenters. The van der Waals surface area contributed by atoms with Crippen molar-refractivity contribution in [3.05, 3.63) is 29.3 Å². The number of ether oxygens (including phenoxy) is 1. The van der Waals surface area contributed by atoms with Crippen molar-refractivity contribution < 1.29 is 4.74 Å². The molecule has 0 aliphatic rings. The van der Waals surface area contributed by atoms with Gasteiger partial charge < -0.3 is 15.4 Å². The summed E-state index contributed by atoms with van der Waals surface area (Å²) in [6.45, 7) is 2.66. The molecule has 7 heteroatoms. The summed E-state index contributed by atoms with van der Waals surface area (Å²) in [5.41, 5.74) is 0.722. The normalized spacial score (nSPS) is 10.1. The van der Waals surface area contributed by atoms with Gasteiger partial charge in [0.05, 0.1) is 17.8 Å². The van der Waals surface area contributed by atoms with Crippen molar-refractivity contribution >= 4 is 29.2 Å². The molecule has 1 aromatic heterocycles. The summed E-state index contributed by atoms with van der Waals surface area (Å²) < 4.78 is 5.03. The van der Waals surface area contributed by atoms with Gasteiger partial charge in [-0.15, -0.1) is 0 Å². The van der Waals surface area contributed by atoms with E-state index in [2.05, 4.69) is 25.6 Å². The third-order valence-electron chi connectivity index (χ3n) is 2.25. The molecule has 0 amide bonds. The number of nitrogens with one attached hydrogen (secondary N) is 2. The number of halogens is 1. The Morgan fingerprint density at radius 3 is 2.58 bits per heavy atom. The van der Waals surface area contributed by atoms with Gasteiger partial charge in [0.2, 0.25) is 11.9 Å². The van der Waals surface area contributed by atoms with E-state index < -0.39 is 0 Å². The molecule has 6 nitrogen and oxygen atoms in total. The average Bonchev–Trinajstić information content (AvgIpc) is 2.41. The largest absolute Gasteiger partial charge is 0.467 e. The predicted octanol–water partition coefficient (Wildman–Crippen LogP) is 2.71. The molecule has 2 aromatic rings. The van der Waals surface area contributed by atoms with Gasteiger partial charge in [-0.25, -0.2) is 0 Å². The Hall–Kier alpha value is -2.08. The number of nitrogens with zero attached hydrogens (tertiary/aromatic N) is 3. The second-order valence-corrected chi connectivity index (χ2v) is 4.01. The maximum Gasteiger partial charge on any atom is 0.322 e. The van der Waals surface area contributed by atoms with Crippen LogP contribution in [0.15, 0.2) is 24.3 Å². The van der Waals surface area contributed by atoms with Gasteiger partial charge in [0.1, 0.15) is 0 Å². The van der Waals surface area contributed by atoms with Gasteiger partial charge in [-0.05, 0) is 19.1 Å². The molecule has 0 atom stereocenters. The van der Waals surface area contributed by atoms with E-state index in [1.165, 1.54) is 7.11 Å². The predicted molar refractivity (Wildman–Crippen MR) is 75.3 cm³/mol. The van der Waals surface area contributed by atoms with Crippen LogP contribution < -0.4 is 15.4 Å². The molecule has 19 heavy (non-hydrogen) atoms. The zero-order valence-corrected chi connectivity index (χ0v) is 11.4. The van der Waals surface area contributed by atoms with Crippen LogP contribution in [0, 0.1) is 0 Å². The van der Waals surface area contributed by atoms with Crippen LogP contribution in [0.3, 0.4) is 0 Å². The van der Waals surface area contributed by atoms with E-state index in [4.69, 9.17) is 16.3 Å². The SMILES string of the molecule is CCNc1nc(Nc2ccccc2Cl)nc(OC)n1. The Labute approximate surface area is 116 Å². The minimum atomic E-state index is 0.237. The fourth-order valence-electron chi connectivity index (χ4n) is 1.42. The zero-order valence-electron chi connectivity index (χ0n) is 10.6. The first-order chi connectivity index (χ1) is 9.22. The molecule has 0 radical (unpaired) electrons. The Kier molecular flexibility index (Phi) is 4.35. The maximum atomic E-state index is 6.07. The van der Waals surface area contributed by atoms with Gasteiger partial charge in [-0.2, -0.15) is 15.0 Å². The molecule has 0 spiro atoms. The highest BCUT2D eigenvalue weighted by atomic mass is 35.5. The third-order valence-corrected chi connectivity index (χ3v) is 2.58. The van der Waals surface area contributed by atoms with E-state index in [1.54, 1.807) is 6.07 Å². The van der Waals surface area contributed by atoms with Gasteiger partial charge in [-0.3, -0.25) is 0 Å². The molecular weight excluding hydrogens is 266 g/mol. The van der Waals surface area contributed by atoms with E-state index in [9.17, 15) is 0 Å². The maximum absolute atomic E-state index is 6.07. The topological polar surface area (TPSA) is 72.0 Å². The quantitative estimate of drug-likeness (QED) is 0.877. The van der Waals surface area contributed by atoms with Gasteiger partial charge in [0, 0.05) is 6.54 Å². The first-order valence-electron chi connectivity index (χ1n) is 5.78. The molecule has 100 valence electrons. The van der Waals surface area contributed by atoms with Crippen molar-refractivity contribution in [3.63, 3.8) is 0 Å². The summed E-state index contributed by atoms with van der Waals surface area (Å²) in [4.78, 5) is 12.4. The summed E-state index contributed by atoms with van der Waals surface area (Å²) in [7, 11) is 1.50. The van der Waals surface area contributed by atoms with E-state index in [-0.39, 0.29) is 6.01 Å². The summed E-state index contributed by atoms with van der Waals surface area (Å²) in [5, 5.41) is 6.63. The van der Waals surface area contributed by atoms with E-state index in [1.807, 2.05) is 25.1 Å². The molecule has 1 aromatic carbocycles. The molecular formula is C12H14ClN5O. The molecule has 0 bridgehead atoms. The highest BCUT2D eigenvalue weighted by molar-refractivity contribution is 6.33. The fraction of sp³-hybridized carbons (Fsp3) is 0.250. The van der Waals surface area contributed by atoms with E-state index >= 15 is 0 Å². The lowest BCUT2D eigenvalue weighted by Crippen LogP contribution is -2.08. The summed E-state index contributed by atoms with van der Waals surface area (Å²) >= 11 is 6.07. The highest BCUT2D eigenvalue weighted by Crippen LogP contribution is 2.24. The fourth-order valence-corrected chi connectivity index (χ4v) is 1.61. The number of benzene rings is 1. The highest BCUT2D eigenvalue weighted by Gasteiger charge is 2.07. The molecule has 1 heterocycles. The lowest BCUT2D eigenvalue weighted by molar-refractivity contribution is 0.379. The minimum Gasteiger partial charge on any atom is -0.467 e. The van der Waals surface area contributed by atoms with Crippen molar-refractivity contribution in [1.29, 1.82) is 0 Å². The Morgan fingerprint density at radius 2 is 1.89 bits per heavy atom. The van der Waals surface area contributed by atoms with Gasteiger partial charge in [-0.1, -0.05) is 23.7 Å². The summed E-state index contributed by atoms with van der Waals surface area (Å²) in [6.07, 6.45) is 0. The van der Waals surface area contributed by atoms with E-state index in [0.717, 1.165) is 5.69 Å². The molecule has 0 saturated carbocycles. The average molecular weight is 280 g/mol. The molecule has 0 aliphatic carbocycles. The van der Waals surface area contributed by atoms with Crippen LogP contribution in [0.2, 0.25) is 5.02 Å². The number of methoxy groups -OCH3 is 1. The second kappa shape index (κ2) is 6.19. The lowest BCUT2D eigenvalue weighted by Gasteiger charge is -2.09. The molecule has 2 rings (SSSR count). The molecule has 0 aliphatic heterocycles. The van der Waals surface area contributed by atoms with E-state index in [0.29, 0.717) is 23.5 Å². The van der Waals surface area contributed by atoms with Crippen LogP contribution in [0.1, 0.15) is 6.92 Å². The number of hydrogen-bond donors (Lipinski definition) is 2. The van der Waals surface area contributed by atoms with Crippen molar-refractivity contribution in [2.45, 2.75) is 6.92 Å². The van der Waals surface area contributed by atoms with Gasteiger partial charge >= 0.3 is 6.01 Å². The zero-order chi connectivity index (χ0) is 13.7. The third kappa shape index (κ3) is 3.45. The first-order valence-corrected chi connectivity index (χ1v) is 6.16. The van der Waals surface area contributed by atoms with Crippen molar-refractivity contribution in [2.75, 3.05) is 24.3 Å². The van der Waals surface area contributed by atoms with Crippen LogP contribution in [-0.2, 0) is 0 Å². The van der Waals surface area contributed by atoms with Gasteiger partial charge in [0.25, 0.3) is 0 Å². The number of para-hydroxylation sites is 1. The van der Waals surface area contributed by atoms with Crippen LogP contribution in [0.4, 0.5) is 17.6 Å². The van der Waals surface area contributed by atoms with Crippen LogP contribution in [-0.4, -0.2) is 28.6 Å². The smallest absolute Gasteiger partial charge is 0.322 e. The van der Waals surface area contributed by atoms with Crippen molar-refractivity contribution in [2.24, 2.45) is 0 Å². The van der Waals surface area contributed by atoms with Crippen molar-refractivity contribution in [3.8, 4) is 6.01 Å². The monoisotopic (exact) mass is 279 g/mol. The van der Waals surface area contributed by atoms with Gasteiger partial charge in [0.15, 0.2) is 0 Å². The minimum absolute atomic E-state index is 0.237. The summed E-state index contributed by atoms with van der Waals surface area (Å²) in [5.74, 6) is 0.819. The number of aromatic nitrogens is 3. The first kappa shape index (κ1) is 13.4. The number of anilines is 3. The van der Waals surface area contributed by atoms with Crippen LogP contribution in [0.5, 0.6) is 6.01 Å². The Bertz CT molecular complexity index is 564. The standard InChI is InChI=1S/C12H14ClN5O/c1-3-14-10-16-11(18-12(17-10)19-2)15-9-7-5-4-6-8(9)13/h4-7H,3H2,1-2H3,(H2,14,15,16,17,18). The Morgan fingerprint density at radius 1 is 1.16 bits per heavy atom. The molecule has 0 fully saturated rings. The van der Waals surface area contributed by atoms with Crippen LogP contribution >= 0.6 is 11.6 Å². The second-order valence-electron chi connectivity index (χ2n) is 3.60. The lowest BCUT2D eigenvalue weighted by atomic mass is 10.3.